The SMILES string of the molecule is COC(=O)[C@@H](CC(C)C)NC(=O)COC(=O)c1ccc(Br)cc1. The fraction of sp³-hybridized carbons (Fsp3) is 0.438. The van der Waals surface area contributed by atoms with Crippen LogP contribution in [0.25, 0.3) is 0 Å². The molecule has 0 bridgehead atoms. The molecule has 126 valence electrons. The second-order valence-corrected chi connectivity index (χ2v) is 6.27. The summed E-state index contributed by atoms with van der Waals surface area (Å²) >= 11 is 3.26. The number of carbonyl (C=O) groups is 3. The molecule has 1 amide bonds. The second kappa shape index (κ2) is 9.29. The Labute approximate surface area is 143 Å². The predicted molar refractivity (Wildman–Crippen MR) is 87.8 cm³/mol. The quantitative estimate of drug-likeness (QED) is 0.728. The summed E-state index contributed by atoms with van der Waals surface area (Å²) in [6.45, 7) is 3.39. The molecule has 0 aliphatic carbocycles. The molecule has 0 aliphatic heterocycles. The molecule has 1 atom stereocenters. The number of hydrogen-bond donors (Lipinski definition) is 1. The highest BCUT2D eigenvalue weighted by molar-refractivity contribution is 9.10. The van der Waals surface area contributed by atoms with E-state index in [4.69, 9.17) is 4.74 Å². The third-order valence-electron chi connectivity index (χ3n) is 2.94. The molecule has 0 aliphatic rings. The van der Waals surface area contributed by atoms with Crippen LogP contribution in [0.2, 0.25) is 0 Å². The molecule has 6 nitrogen and oxygen atoms in total. The number of amides is 1. The number of carbonyl (C=O) groups excluding carboxylic acids is 3. The molecule has 0 fully saturated rings. The number of esters is 2. The summed E-state index contributed by atoms with van der Waals surface area (Å²) < 4.78 is 10.4. The van der Waals surface area contributed by atoms with Gasteiger partial charge in [-0.2, -0.15) is 0 Å². The number of hydrogen-bond acceptors (Lipinski definition) is 5. The summed E-state index contributed by atoms with van der Waals surface area (Å²) in [6.07, 6.45) is 0.444. The van der Waals surface area contributed by atoms with Gasteiger partial charge in [-0.3, -0.25) is 4.79 Å². The van der Waals surface area contributed by atoms with Crippen LogP contribution in [0.5, 0.6) is 0 Å². The lowest BCUT2D eigenvalue weighted by Crippen LogP contribution is -2.44. The van der Waals surface area contributed by atoms with Crippen LogP contribution in [0, 0.1) is 5.92 Å². The van der Waals surface area contributed by atoms with Crippen LogP contribution in [-0.4, -0.2) is 37.6 Å². The fourth-order valence-electron chi connectivity index (χ4n) is 1.86. The summed E-state index contributed by atoms with van der Waals surface area (Å²) in [5.74, 6) is -1.48. The van der Waals surface area contributed by atoms with E-state index in [-0.39, 0.29) is 5.92 Å². The van der Waals surface area contributed by atoms with Crippen molar-refractivity contribution in [1.82, 2.24) is 5.32 Å². The van der Waals surface area contributed by atoms with Crippen molar-refractivity contribution in [3.8, 4) is 0 Å². The number of benzene rings is 1. The lowest BCUT2D eigenvalue weighted by Gasteiger charge is -2.18. The minimum atomic E-state index is -0.751. The summed E-state index contributed by atoms with van der Waals surface area (Å²) in [4.78, 5) is 35.3. The molecule has 23 heavy (non-hydrogen) atoms. The van der Waals surface area contributed by atoms with Gasteiger partial charge in [-0.15, -0.1) is 0 Å². The van der Waals surface area contributed by atoms with Gasteiger partial charge in [0.15, 0.2) is 6.61 Å². The lowest BCUT2D eigenvalue weighted by molar-refractivity contribution is -0.145. The Bertz CT molecular complexity index is 556. The summed E-state index contributed by atoms with van der Waals surface area (Å²) in [5, 5.41) is 2.52. The zero-order chi connectivity index (χ0) is 17.4. The van der Waals surface area contributed by atoms with E-state index >= 15 is 0 Å². The lowest BCUT2D eigenvalue weighted by atomic mass is 10.0. The van der Waals surface area contributed by atoms with E-state index < -0.39 is 30.5 Å². The van der Waals surface area contributed by atoms with Crippen LogP contribution in [0.1, 0.15) is 30.6 Å². The normalized spacial score (nSPS) is 11.7. The van der Waals surface area contributed by atoms with Crippen molar-refractivity contribution in [3.63, 3.8) is 0 Å². The smallest absolute Gasteiger partial charge is 0.338 e. The number of nitrogens with one attached hydrogen (secondary N) is 1. The first-order chi connectivity index (χ1) is 10.8. The minimum Gasteiger partial charge on any atom is -0.467 e. The average molecular weight is 386 g/mol. The second-order valence-electron chi connectivity index (χ2n) is 5.36. The molecule has 1 rings (SSSR count). The third-order valence-corrected chi connectivity index (χ3v) is 3.47. The Balaban J connectivity index is 2.52. The number of ether oxygens (including phenoxy) is 2. The van der Waals surface area contributed by atoms with E-state index in [0.29, 0.717) is 12.0 Å². The Morgan fingerprint density at radius 3 is 2.30 bits per heavy atom. The van der Waals surface area contributed by atoms with Gasteiger partial charge in [0.1, 0.15) is 6.04 Å². The van der Waals surface area contributed by atoms with Gasteiger partial charge in [-0.25, -0.2) is 9.59 Å². The van der Waals surface area contributed by atoms with Crippen LogP contribution < -0.4 is 5.32 Å². The highest BCUT2D eigenvalue weighted by Crippen LogP contribution is 2.11. The Kier molecular flexibility index (Phi) is 7.74. The third kappa shape index (κ3) is 6.81. The van der Waals surface area contributed by atoms with Crippen molar-refractivity contribution >= 4 is 33.8 Å². The number of halogens is 1. The molecular formula is C16H20BrNO5. The van der Waals surface area contributed by atoms with Gasteiger partial charge in [-0.1, -0.05) is 29.8 Å². The van der Waals surface area contributed by atoms with Gasteiger partial charge in [-0.05, 0) is 36.6 Å². The average Bonchev–Trinajstić information content (AvgIpc) is 2.51. The molecule has 0 radical (unpaired) electrons. The number of methoxy groups -OCH3 is 1. The van der Waals surface area contributed by atoms with Gasteiger partial charge in [0.25, 0.3) is 5.91 Å². The molecule has 0 heterocycles. The molecule has 1 aromatic rings. The van der Waals surface area contributed by atoms with E-state index in [0.717, 1.165) is 4.47 Å². The first-order valence-corrected chi connectivity index (χ1v) is 7.92. The van der Waals surface area contributed by atoms with Crippen molar-refractivity contribution in [1.29, 1.82) is 0 Å². The largest absolute Gasteiger partial charge is 0.467 e. The van der Waals surface area contributed by atoms with E-state index in [1.807, 2.05) is 13.8 Å². The highest BCUT2D eigenvalue weighted by atomic mass is 79.9. The maximum absolute atomic E-state index is 11.8. The van der Waals surface area contributed by atoms with Crippen molar-refractivity contribution in [2.45, 2.75) is 26.3 Å². The van der Waals surface area contributed by atoms with Gasteiger partial charge in [0.05, 0.1) is 12.7 Å². The maximum Gasteiger partial charge on any atom is 0.338 e. The van der Waals surface area contributed by atoms with Crippen LogP contribution in [0.4, 0.5) is 0 Å². The van der Waals surface area contributed by atoms with Crippen LogP contribution in [0.15, 0.2) is 28.7 Å². The topological polar surface area (TPSA) is 81.7 Å². The van der Waals surface area contributed by atoms with Crippen molar-refractivity contribution in [2.24, 2.45) is 5.92 Å². The van der Waals surface area contributed by atoms with Crippen molar-refractivity contribution < 1.29 is 23.9 Å². The standard InChI is InChI=1S/C16H20BrNO5/c1-10(2)8-13(16(21)22-3)18-14(19)9-23-15(20)11-4-6-12(17)7-5-11/h4-7,10,13H,8-9H2,1-3H3,(H,18,19)/t13-/m1/s1. The molecule has 7 heteroatoms. The molecule has 0 aromatic heterocycles. The molecule has 1 aromatic carbocycles. The minimum absolute atomic E-state index is 0.199. The van der Waals surface area contributed by atoms with Gasteiger partial charge in [0.2, 0.25) is 0 Å². The van der Waals surface area contributed by atoms with Crippen LogP contribution >= 0.6 is 15.9 Å². The maximum atomic E-state index is 11.8. The molecular weight excluding hydrogens is 366 g/mol. The van der Waals surface area contributed by atoms with E-state index in [1.165, 1.54) is 7.11 Å². The summed E-state index contributed by atoms with van der Waals surface area (Å²) in [6, 6.07) is 5.82. The summed E-state index contributed by atoms with van der Waals surface area (Å²) in [5.41, 5.74) is 0.340. The van der Waals surface area contributed by atoms with Crippen LogP contribution in [0.3, 0.4) is 0 Å². The Morgan fingerprint density at radius 1 is 1.17 bits per heavy atom. The van der Waals surface area contributed by atoms with Gasteiger partial charge < -0.3 is 14.8 Å². The molecule has 1 N–H and O–H groups in total. The van der Waals surface area contributed by atoms with Gasteiger partial charge >= 0.3 is 11.9 Å². The molecule has 0 saturated carbocycles. The zero-order valence-corrected chi connectivity index (χ0v) is 14.9. The monoisotopic (exact) mass is 385 g/mol. The van der Waals surface area contributed by atoms with E-state index in [2.05, 4.69) is 26.0 Å². The van der Waals surface area contributed by atoms with Crippen molar-refractivity contribution in [2.75, 3.05) is 13.7 Å². The highest BCUT2D eigenvalue weighted by Gasteiger charge is 2.23. The van der Waals surface area contributed by atoms with E-state index in [1.54, 1.807) is 24.3 Å². The Hall–Kier alpha value is -1.89. The zero-order valence-electron chi connectivity index (χ0n) is 13.3. The number of rotatable bonds is 7. The molecule has 0 saturated heterocycles. The summed E-state index contributed by atoms with van der Waals surface area (Å²) in [7, 11) is 1.26. The Morgan fingerprint density at radius 2 is 1.78 bits per heavy atom. The fourth-order valence-corrected chi connectivity index (χ4v) is 2.13. The first kappa shape index (κ1) is 19.2. The van der Waals surface area contributed by atoms with E-state index in [9.17, 15) is 14.4 Å². The van der Waals surface area contributed by atoms with Crippen molar-refractivity contribution in [3.05, 3.63) is 34.3 Å². The molecule has 0 spiro atoms. The van der Waals surface area contributed by atoms with Crippen LogP contribution in [-0.2, 0) is 19.1 Å². The van der Waals surface area contributed by atoms with Gasteiger partial charge in [0, 0.05) is 4.47 Å². The molecule has 0 unspecified atom stereocenters. The first-order valence-electron chi connectivity index (χ1n) is 7.13. The predicted octanol–water partition coefficient (Wildman–Crippen LogP) is 2.31.